The monoisotopic (exact) mass is 223 g/mol. The molecule has 1 saturated carbocycles. The van der Waals surface area contributed by atoms with E-state index in [-0.39, 0.29) is 0 Å². The average Bonchev–Trinajstić information content (AvgIpc) is 2.43. The van der Waals surface area contributed by atoms with E-state index in [0.717, 1.165) is 5.92 Å². The lowest BCUT2D eigenvalue weighted by molar-refractivity contribution is 0.0235. The average molecular weight is 223 g/mol. The summed E-state index contributed by atoms with van der Waals surface area (Å²) in [4.78, 5) is 0. The van der Waals surface area contributed by atoms with E-state index in [9.17, 15) is 0 Å². The van der Waals surface area contributed by atoms with Crippen molar-refractivity contribution in [3.63, 3.8) is 0 Å². The third-order valence-electron chi connectivity index (χ3n) is 5.61. The van der Waals surface area contributed by atoms with E-state index in [1.807, 2.05) is 0 Å². The molecule has 2 unspecified atom stereocenters. The van der Waals surface area contributed by atoms with Crippen molar-refractivity contribution in [3.8, 4) is 0 Å². The summed E-state index contributed by atoms with van der Waals surface area (Å²) in [7, 11) is 0. The molecule has 0 aromatic carbocycles. The zero-order valence-electron chi connectivity index (χ0n) is 11.4. The Balaban J connectivity index is 2.09. The van der Waals surface area contributed by atoms with Gasteiger partial charge in [-0.05, 0) is 49.0 Å². The maximum atomic E-state index is 3.71. The highest BCUT2D eigenvalue weighted by Crippen LogP contribution is 2.52. The lowest BCUT2D eigenvalue weighted by Crippen LogP contribution is -2.45. The van der Waals surface area contributed by atoms with Gasteiger partial charge in [-0.3, -0.25) is 0 Å². The third-order valence-corrected chi connectivity index (χ3v) is 5.61. The Bertz CT molecular complexity index is 230. The summed E-state index contributed by atoms with van der Waals surface area (Å²) < 4.78 is 0. The zero-order chi connectivity index (χ0) is 11.6. The van der Waals surface area contributed by atoms with Gasteiger partial charge in [-0.1, -0.05) is 40.0 Å². The molecule has 1 N–H and O–H groups in total. The maximum Gasteiger partial charge on any atom is 0.00105 e. The lowest BCUT2D eigenvalue weighted by Gasteiger charge is -2.49. The Morgan fingerprint density at radius 3 is 2.31 bits per heavy atom. The lowest BCUT2D eigenvalue weighted by atomic mass is 9.57. The molecule has 1 aliphatic heterocycles. The van der Waals surface area contributed by atoms with Gasteiger partial charge in [0, 0.05) is 6.54 Å². The molecule has 0 spiro atoms. The summed E-state index contributed by atoms with van der Waals surface area (Å²) >= 11 is 0. The molecule has 1 aliphatic carbocycles. The van der Waals surface area contributed by atoms with Crippen molar-refractivity contribution in [2.75, 3.05) is 13.1 Å². The maximum absolute atomic E-state index is 3.71. The van der Waals surface area contributed by atoms with Crippen LogP contribution in [0.5, 0.6) is 0 Å². The minimum absolute atomic E-state index is 0.540. The fourth-order valence-corrected chi connectivity index (χ4v) is 3.80. The summed E-state index contributed by atoms with van der Waals surface area (Å²) in [6, 6.07) is 0. The van der Waals surface area contributed by atoms with Crippen molar-refractivity contribution < 1.29 is 0 Å². The predicted molar refractivity (Wildman–Crippen MR) is 70.6 cm³/mol. The molecule has 1 saturated heterocycles. The molecule has 0 bridgehead atoms. The van der Waals surface area contributed by atoms with Crippen molar-refractivity contribution in [2.24, 2.45) is 16.7 Å². The van der Waals surface area contributed by atoms with E-state index in [1.54, 1.807) is 0 Å². The van der Waals surface area contributed by atoms with Crippen LogP contribution in [0.4, 0.5) is 0 Å². The second kappa shape index (κ2) is 4.68. The quantitative estimate of drug-likeness (QED) is 0.709. The van der Waals surface area contributed by atoms with Crippen LogP contribution in [0.1, 0.15) is 65.7 Å². The fourth-order valence-electron chi connectivity index (χ4n) is 3.80. The normalized spacial score (nSPS) is 40.3. The van der Waals surface area contributed by atoms with Crippen LogP contribution in [0.2, 0.25) is 0 Å². The molecule has 16 heavy (non-hydrogen) atoms. The Labute approximate surface area is 101 Å². The van der Waals surface area contributed by atoms with Crippen molar-refractivity contribution in [1.29, 1.82) is 0 Å². The topological polar surface area (TPSA) is 12.0 Å². The second-order valence-corrected chi connectivity index (χ2v) is 6.96. The molecule has 2 fully saturated rings. The molecule has 0 radical (unpaired) electrons. The highest BCUT2D eigenvalue weighted by Gasteiger charge is 2.44. The van der Waals surface area contributed by atoms with Crippen molar-refractivity contribution >= 4 is 0 Å². The Hall–Kier alpha value is -0.0400. The van der Waals surface area contributed by atoms with Gasteiger partial charge in [0.15, 0.2) is 0 Å². The molecule has 0 amide bonds. The van der Waals surface area contributed by atoms with Crippen LogP contribution in [0.15, 0.2) is 0 Å². The van der Waals surface area contributed by atoms with Crippen LogP contribution in [0.25, 0.3) is 0 Å². The van der Waals surface area contributed by atoms with E-state index in [2.05, 4.69) is 26.1 Å². The third kappa shape index (κ3) is 2.30. The SMILES string of the molecule is CC1CCC(C)(C2(C)CCCCC2)CNC1. The molecule has 1 heterocycles. The Morgan fingerprint density at radius 2 is 1.62 bits per heavy atom. The largest absolute Gasteiger partial charge is 0.316 e. The van der Waals surface area contributed by atoms with Gasteiger partial charge in [-0.25, -0.2) is 0 Å². The Kier molecular flexibility index (Phi) is 3.63. The van der Waals surface area contributed by atoms with Crippen LogP contribution in [0.3, 0.4) is 0 Å². The summed E-state index contributed by atoms with van der Waals surface area (Å²) in [5, 5.41) is 3.71. The van der Waals surface area contributed by atoms with Gasteiger partial charge >= 0.3 is 0 Å². The van der Waals surface area contributed by atoms with E-state index >= 15 is 0 Å². The van der Waals surface area contributed by atoms with Crippen LogP contribution in [-0.2, 0) is 0 Å². The van der Waals surface area contributed by atoms with Crippen LogP contribution >= 0.6 is 0 Å². The molecule has 1 nitrogen and oxygen atoms in total. The van der Waals surface area contributed by atoms with Crippen molar-refractivity contribution in [1.82, 2.24) is 5.32 Å². The molecular formula is C15H29N. The first-order chi connectivity index (χ1) is 7.56. The summed E-state index contributed by atoms with van der Waals surface area (Å²) in [5.74, 6) is 0.869. The fraction of sp³-hybridized carbons (Fsp3) is 1.00. The summed E-state index contributed by atoms with van der Waals surface area (Å²) in [5.41, 5.74) is 1.14. The molecule has 0 aromatic rings. The molecule has 0 aromatic heterocycles. The van der Waals surface area contributed by atoms with E-state index in [0.29, 0.717) is 10.8 Å². The first kappa shape index (κ1) is 12.4. The van der Waals surface area contributed by atoms with Gasteiger partial charge in [0.05, 0.1) is 0 Å². The summed E-state index contributed by atoms with van der Waals surface area (Å²) in [6.45, 7) is 9.97. The van der Waals surface area contributed by atoms with Crippen molar-refractivity contribution in [3.05, 3.63) is 0 Å². The van der Waals surface area contributed by atoms with Gasteiger partial charge in [0.2, 0.25) is 0 Å². The Morgan fingerprint density at radius 1 is 0.938 bits per heavy atom. The molecule has 94 valence electrons. The summed E-state index contributed by atoms with van der Waals surface area (Å²) in [6.07, 6.45) is 10.1. The minimum atomic E-state index is 0.540. The van der Waals surface area contributed by atoms with E-state index in [4.69, 9.17) is 0 Å². The number of rotatable bonds is 1. The number of hydrogen-bond donors (Lipinski definition) is 1. The van der Waals surface area contributed by atoms with Crippen molar-refractivity contribution in [2.45, 2.75) is 65.7 Å². The highest BCUT2D eigenvalue weighted by atomic mass is 14.9. The predicted octanol–water partition coefficient (Wildman–Crippen LogP) is 3.98. The number of nitrogens with one attached hydrogen (secondary N) is 1. The van der Waals surface area contributed by atoms with Crippen LogP contribution < -0.4 is 5.32 Å². The van der Waals surface area contributed by atoms with Gasteiger partial charge < -0.3 is 5.32 Å². The molecule has 1 heteroatoms. The smallest absolute Gasteiger partial charge is 0.00105 e. The van der Waals surface area contributed by atoms with Gasteiger partial charge in [0.25, 0.3) is 0 Å². The molecule has 2 aliphatic rings. The molecule has 2 atom stereocenters. The van der Waals surface area contributed by atoms with E-state index < -0.39 is 0 Å². The first-order valence-electron chi connectivity index (χ1n) is 7.27. The second-order valence-electron chi connectivity index (χ2n) is 6.96. The standard InChI is InChI=1S/C15H29N/c1-13-7-10-15(3,12-16-11-13)14(2)8-5-4-6-9-14/h13,16H,4-12H2,1-3H3. The van der Waals surface area contributed by atoms with Gasteiger partial charge in [0.1, 0.15) is 0 Å². The minimum Gasteiger partial charge on any atom is -0.316 e. The van der Waals surface area contributed by atoms with Crippen LogP contribution in [-0.4, -0.2) is 13.1 Å². The zero-order valence-corrected chi connectivity index (χ0v) is 11.4. The highest BCUT2D eigenvalue weighted by molar-refractivity contribution is 4.96. The van der Waals surface area contributed by atoms with Crippen LogP contribution in [0, 0.1) is 16.7 Å². The van der Waals surface area contributed by atoms with Gasteiger partial charge in [-0.15, -0.1) is 0 Å². The molecule has 2 rings (SSSR count). The number of hydrogen-bond acceptors (Lipinski definition) is 1. The first-order valence-corrected chi connectivity index (χ1v) is 7.27. The van der Waals surface area contributed by atoms with Gasteiger partial charge in [-0.2, -0.15) is 0 Å². The molecular weight excluding hydrogens is 194 g/mol. The van der Waals surface area contributed by atoms with E-state index in [1.165, 1.54) is 58.0 Å².